The molecule has 4 heteroatoms. The molecule has 0 fully saturated rings. The van der Waals surface area contributed by atoms with Crippen molar-refractivity contribution in [3.05, 3.63) is 39.0 Å². The van der Waals surface area contributed by atoms with Gasteiger partial charge in [0.15, 0.2) is 5.82 Å². The molecule has 1 heterocycles. The van der Waals surface area contributed by atoms with E-state index in [1.54, 1.807) is 0 Å². The summed E-state index contributed by atoms with van der Waals surface area (Å²) in [5, 5.41) is 3.31. The van der Waals surface area contributed by atoms with Gasteiger partial charge in [0.1, 0.15) is 5.82 Å². The second-order valence-electron chi connectivity index (χ2n) is 5.31. The standard InChI is InChI=1S/C17H22BrN3/c1-6-13-15(18)17(19-7-2)21-16(20-13)14-11(4)8-10(3)9-12(14)5/h8-9H,6-7H2,1-5H3,(H,19,20,21). The number of nitrogens with one attached hydrogen (secondary N) is 1. The van der Waals surface area contributed by atoms with Crippen molar-refractivity contribution in [2.45, 2.75) is 41.0 Å². The third-order valence-electron chi connectivity index (χ3n) is 3.50. The Bertz CT molecular complexity index is 642. The molecule has 2 aromatic rings. The Kier molecular flexibility index (Phi) is 4.99. The van der Waals surface area contributed by atoms with Crippen LogP contribution in [0.15, 0.2) is 16.6 Å². The van der Waals surface area contributed by atoms with Crippen molar-refractivity contribution in [1.29, 1.82) is 0 Å². The minimum absolute atomic E-state index is 0.806. The molecule has 0 radical (unpaired) electrons. The first-order valence-corrected chi connectivity index (χ1v) is 8.15. The Morgan fingerprint density at radius 1 is 1.05 bits per heavy atom. The van der Waals surface area contributed by atoms with Crippen molar-refractivity contribution < 1.29 is 0 Å². The van der Waals surface area contributed by atoms with Crippen LogP contribution in [-0.2, 0) is 6.42 Å². The molecule has 0 aliphatic heterocycles. The molecule has 0 unspecified atom stereocenters. The fourth-order valence-corrected chi connectivity index (χ4v) is 3.25. The number of nitrogens with zero attached hydrogens (tertiary/aromatic N) is 2. The second-order valence-corrected chi connectivity index (χ2v) is 6.11. The smallest absolute Gasteiger partial charge is 0.162 e. The summed E-state index contributed by atoms with van der Waals surface area (Å²) in [5.74, 6) is 1.68. The van der Waals surface area contributed by atoms with Crippen molar-refractivity contribution in [2.75, 3.05) is 11.9 Å². The Morgan fingerprint density at radius 3 is 2.19 bits per heavy atom. The minimum Gasteiger partial charge on any atom is -0.369 e. The summed E-state index contributed by atoms with van der Waals surface area (Å²) in [6.07, 6.45) is 0.873. The van der Waals surface area contributed by atoms with E-state index in [0.717, 1.165) is 40.3 Å². The zero-order chi connectivity index (χ0) is 15.6. The highest BCUT2D eigenvalue weighted by molar-refractivity contribution is 9.10. The zero-order valence-corrected chi connectivity index (χ0v) is 14.9. The molecule has 1 aromatic heterocycles. The van der Waals surface area contributed by atoms with Gasteiger partial charge in [-0.25, -0.2) is 9.97 Å². The van der Waals surface area contributed by atoms with Crippen LogP contribution >= 0.6 is 15.9 Å². The highest BCUT2D eigenvalue weighted by atomic mass is 79.9. The molecule has 0 aliphatic rings. The van der Waals surface area contributed by atoms with Crippen LogP contribution < -0.4 is 5.32 Å². The molecule has 1 N–H and O–H groups in total. The number of hydrogen-bond acceptors (Lipinski definition) is 3. The molecular formula is C17H22BrN3. The first kappa shape index (κ1) is 16.0. The number of benzene rings is 1. The number of rotatable bonds is 4. The minimum atomic E-state index is 0.806. The molecule has 1 aromatic carbocycles. The monoisotopic (exact) mass is 347 g/mol. The van der Waals surface area contributed by atoms with E-state index in [1.165, 1.54) is 16.7 Å². The molecule has 0 aliphatic carbocycles. The molecule has 0 atom stereocenters. The first-order valence-electron chi connectivity index (χ1n) is 7.36. The third kappa shape index (κ3) is 3.26. The molecule has 112 valence electrons. The maximum Gasteiger partial charge on any atom is 0.162 e. The van der Waals surface area contributed by atoms with Gasteiger partial charge in [-0.1, -0.05) is 24.6 Å². The maximum atomic E-state index is 4.76. The Morgan fingerprint density at radius 2 is 1.67 bits per heavy atom. The van der Waals surface area contributed by atoms with Crippen LogP contribution in [0.3, 0.4) is 0 Å². The van der Waals surface area contributed by atoms with E-state index in [-0.39, 0.29) is 0 Å². The molecule has 0 amide bonds. The van der Waals surface area contributed by atoms with E-state index >= 15 is 0 Å². The first-order chi connectivity index (χ1) is 9.97. The van der Waals surface area contributed by atoms with Crippen LogP contribution in [-0.4, -0.2) is 16.5 Å². The fourth-order valence-electron chi connectivity index (χ4n) is 2.66. The zero-order valence-electron chi connectivity index (χ0n) is 13.3. The van der Waals surface area contributed by atoms with Gasteiger partial charge >= 0.3 is 0 Å². The van der Waals surface area contributed by atoms with Gasteiger partial charge in [0.05, 0.1) is 10.2 Å². The molecule has 0 bridgehead atoms. The number of halogens is 1. The van der Waals surface area contributed by atoms with Crippen LogP contribution in [0.2, 0.25) is 0 Å². The summed E-state index contributed by atoms with van der Waals surface area (Å²) in [4.78, 5) is 9.48. The fraction of sp³-hybridized carbons (Fsp3) is 0.412. The Hall–Kier alpha value is -1.42. The third-order valence-corrected chi connectivity index (χ3v) is 4.33. The lowest BCUT2D eigenvalue weighted by Crippen LogP contribution is -2.07. The largest absolute Gasteiger partial charge is 0.369 e. The van der Waals surface area contributed by atoms with E-state index in [0.29, 0.717) is 0 Å². The van der Waals surface area contributed by atoms with E-state index in [9.17, 15) is 0 Å². The molecule has 0 saturated heterocycles. The van der Waals surface area contributed by atoms with Crippen LogP contribution in [0.25, 0.3) is 11.4 Å². The SMILES string of the molecule is CCNc1nc(-c2c(C)cc(C)cc2C)nc(CC)c1Br. The number of hydrogen-bond donors (Lipinski definition) is 1. The van der Waals surface area contributed by atoms with Gasteiger partial charge in [0.25, 0.3) is 0 Å². The topological polar surface area (TPSA) is 37.8 Å². The van der Waals surface area contributed by atoms with Crippen LogP contribution in [0, 0.1) is 20.8 Å². The summed E-state index contributed by atoms with van der Waals surface area (Å²) in [6.45, 7) is 11.4. The van der Waals surface area contributed by atoms with Gasteiger partial charge in [-0.15, -0.1) is 0 Å². The van der Waals surface area contributed by atoms with E-state index in [2.05, 4.69) is 68.0 Å². The summed E-state index contributed by atoms with van der Waals surface area (Å²) < 4.78 is 0.970. The Labute approximate surface area is 135 Å². The van der Waals surface area contributed by atoms with Crippen LogP contribution in [0.4, 0.5) is 5.82 Å². The predicted octanol–water partition coefficient (Wildman–Crippen LogP) is 4.83. The summed E-state index contributed by atoms with van der Waals surface area (Å²) in [6, 6.07) is 4.37. The maximum absolute atomic E-state index is 4.76. The molecule has 0 saturated carbocycles. The quantitative estimate of drug-likeness (QED) is 0.860. The lowest BCUT2D eigenvalue weighted by atomic mass is 9.99. The second kappa shape index (κ2) is 6.56. The van der Waals surface area contributed by atoms with E-state index in [4.69, 9.17) is 9.97 Å². The molecule has 21 heavy (non-hydrogen) atoms. The van der Waals surface area contributed by atoms with Gasteiger partial charge in [-0.3, -0.25) is 0 Å². The lowest BCUT2D eigenvalue weighted by molar-refractivity contribution is 0.981. The van der Waals surface area contributed by atoms with E-state index < -0.39 is 0 Å². The van der Waals surface area contributed by atoms with Crippen molar-refractivity contribution in [2.24, 2.45) is 0 Å². The average Bonchev–Trinajstić information content (AvgIpc) is 2.41. The molecule has 3 nitrogen and oxygen atoms in total. The number of aromatic nitrogens is 2. The van der Waals surface area contributed by atoms with Crippen molar-refractivity contribution in [3.63, 3.8) is 0 Å². The van der Waals surface area contributed by atoms with Gasteiger partial charge in [-0.05, 0) is 61.2 Å². The van der Waals surface area contributed by atoms with Crippen molar-refractivity contribution >= 4 is 21.7 Å². The lowest BCUT2D eigenvalue weighted by Gasteiger charge is -2.14. The van der Waals surface area contributed by atoms with Gasteiger partial charge in [0.2, 0.25) is 0 Å². The highest BCUT2D eigenvalue weighted by Crippen LogP contribution is 2.31. The Balaban J connectivity index is 2.67. The van der Waals surface area contributed by atoms with Gasteiger partial charge in [-0.2, -0.15) is 0 Å². The van der Waals surface area contributed by atoms with Crippen molar-refractivity contribution in [3.8, 4) is 11.4 Å². The normalized spacial score (nSPS) is 10.8. The van der Waals surface area contributed by atoms with E-state index in [1.807, 2.05) is 0 Å². The van der Waals surface area contributed by atoms with Gasteiger partial charge in [0, 0.05) is 12.1 Å². The molecule has 0 spiro atoms. The molecule has 2 rings (SSSR count). The average molecular weight is 348 g/mol. The molecular weight excluding hydrogens is 326 g/mol. The van der Waals surface area contributed by atoms with Crippen LogP contribution in [0.5, 0.6) is 0 Å². The summed E-state index contributed by atoms with van der Waals surface area (Å²) in [5.41, 5.74) is 5.89. The number of anilines is 1. The summed E-state index contributed by atoms with van der Waals surface area (Å²) in [7, 11) is 0. The van der Waals surface area contributed by atoms with Crippen LogP contribution in [0.1, 0.15) is 36.2 Å². The predicted molar refractivity (Wildman–Crippen MR) is 92.9 cm³/mol. The summed E-state index contributed by atoms with van der Waals surface area (Å²) >= 11 is 3.61. The highest BCUT2D eigenvalue weighted by Gasteiger charge is 2.15. The van der Waals surface area contributed by atoms with Crippen molar-refractivity contribution in [1.82, 2.24) is 9.97 Å². The number of aryl methyl sites for hydroxylation is 4. The van der Waals surface area contributed by atoms with Gasteiger partial charge < -0.3 is 5.32 Å².